The van der Waals surface area contributed by atoms with Crippen LogP contribution in [0, 0.1) is 0 Å². The van der Waals surface area contributed by atoms with E-state index in [9.17, 15) is 19.5 Å². The van der Waals surface area contributed by atoms with Crippen molar-refractivity contribution < 1.29 is 24.2 Å². The Labute approximate surface area is 161 Å². The van der Waals surface area contributed by atoms with Gasteiger partial charge in [0.2, 0.25) is 5.91 Å². The van der Waals surface area contributed by atoms with E-state index in [1.807, 2.05) is 18.2 Å². The summed E-state index contributed by atoms with van der Waals surface area (Å²) in [4.78, 5) is 35.0. The van der Waals surface area contributed by atoms with E-state index in [0.29, 0.717) is 29.9 Å². The van der Waals surface area contributed by atoms with Gasteiger partial charge in [0.15, 0.2) is 0 Å². The van der Waals surface area contributed by atoms with Gasteiger partial charge in [-0.25, -0.2) is 9.59 Å². The van der Waals surface area contributed by atoms with Crippen LogP contribution in [0.25, 0.3) is 0 Å². The van der Waals surface area contributed by atoms with Crippen LogP contribution < -0.4 is 21.1 Å². The van der Waals surface area contributed by atoms with E-state index in [1.165, 1.54) is 0 Å². The maximum absolute atomic E-state index is 12.3. The molecule has 8 heteroatoms. The minimum absolute atomic E-state index is 0.146. The van der Waals surface area contributed by atoms with Gasteiger partial charge < -0.3 is 26.2 Å². The Bertz CT molecular complexity index is 880. The Hall–Kier alpha value is -3.55. The molecule has 0 bridgehead atoms. The van der Waals surface area contributed by atoms with Gasteiger partial charge in [-0.1, -0.05) is 30.3 Å². The van der Waals surface area contributed by atoms with Gasteiger partial charge in [-0.05, 0) is 42.7 Å². The third kappa shape index (κ3) is 4.79. The van der Waals surface area contributed by atoms with Gasteiger partial charge >= 0.3 is 12.0 Å². The number of para-hydroxylation sites is 1. The lowest BCUT2D eigenvalue weighted by Gasteiger charge is -2.20. The summed E-state index contributed by atoms with van der Waals surface area (Å²) in [5.74, 6) is -0.356. The van der Waals surface area contributed by atoms with Gasteiger partial charge in [-0.2, -0.15) is 0 Å². The Morgan fingerprint density at radius 3 is 2.36 bits per heavy atom. The zero-order valence-electron chi connectivity index (χ0n) is 15.1. The number of aliphatic carboxylic acids is 1. The first-order valence-corrected chi connectivity index (χ1v) is 8.81. The molecule has 3 rings (SSSR count). The van der Waals surface area contributed by atoms with E-state index in [4.69, 9.17) is 10.5 Å². The fourth-order valence-electron chi connectivity index (χ4n) is 2.86. The van der Waals surface area contributed by atoms with Crippen LogP contribution in [0.15, 0.2) is 54.6 Å². The standard InChI is InChI=1S/C20H21N3O5/c21-19(27)22-16(12-17(24)23-20(9-10-20)18(25)26)13-5-4-8-15(11-13)28-14-6-2-1-3-7-14/h1-8,11,16H,9-10,12H2,(H,23,24)(H,25,26)(H3,21,22,27). The number of carboxylic acid groups (broad SMARTS) is 1. The quantitative estimate of drug-likeness (QED) is 0.556. The molecule has 3 amide bonds. The number of hydrogen-bond acceptors (Lipinski definition) is 4. The summed E-state index contributed by atoms with van der Waals surface area (Å²) < 4.78 is 5.78. The fraction of sp³-hybridized carbons (Fsp3) is 0.250. The van der Waals surface area contributed by atoms with Crippen molar-refractivity contribution in [3.8, 4) is 11.5 Å². The number of carbonyl (C=O) groups is 3. The van der Waals surface area contributed by atoms with E-state index in [2.05, 4.69) is 10.6 Å². The number of urea groups is 1. The summed E-state index contributed by atoms with van der Waals surface area (Å²) in [6.07, 6.45) is 0.636. The molecule has 8 nitrogen and oxygen atoms in total. The van der Waals surface area contributed by atoms with Crippen molar-refractivity contribution in [1.82, 2.24) is 10.6 Å². The molecular formula is C20H21N3O5. The lowest BCUT2D eigenvalue weighted by molar-refractivity contribution is -0.143. The average Bonchev–Trinajstić information content (AvgIpc) is 3.43. The molecule has 1 fully saturated rings. The molecular weight excluding hydrogens is 362 g/mol. The molecule has 1 aliphatic carbocycles. The second-order valence-corrected chi connectivity index (χ2v) is 6.69. The highest BCUT2D eigenvalue weighted by Crippen LogP contribution is 2.36. The molecule has 1 unspecified atom stereocenters. The molecule has 0 spiro atoms. The zero-order chi connectivity index (χ0) is 20.1. The summed E-state index contributed by atoms with van der Waals surface area (Å²) in [5.41, 5.74) is 4.67. The molecule has 0 saturated heterocycles. The first kappa shape index (κ1) is 19.2. The second kappa shape index (κ2) is 7.99. The molecule has 0 radical (unpaired) electrons. The van der Waals surface area contributed by atoms with Crippen molar-refractivity contribution in [3.63, 3.8) is 0 Å². The number of nitrogens with one attached hydrogen (secondary N) is 2. The van der Waals surface area contributed by atoms with Gasteiger partial charge in [0.1, 0.15) is 17.0 Å². The molecule has 0 heterocycles. The minimum atomic E-state index is -1.19. The maximum Gasteiger partial charge on any atom is 0.329 e. The van der Waals surface area contributed by atoms with Crippen molar-refractivity contribution in [2.24, 2.45) is 5.73 Å². The van der Waals surface area contributed by atoms with Gasteiger partial charge in [0.05, 0.1) is 12.5 Å². The highest BCUT2D eigenvalue weighted by Gasteiger charge is 2.51. The number of carbonyl (C=O) groups excluding carboxylic acids is 2. The molecule has 1 saturated carbocycles. The highest BCUT2D eigenvalue weighted by atomic mass is 16.5. The largest absolute Gasteiger partial charge is 0.480 e. The van der Waals surface area contributed by atoms with Crippen molar-refractivity contribution >= 4 is 17.9 Å². The van der Waals surface area contributed by atoms with E-state index in [-0.39, 0.29) is 6.42 Å². The van der Waals surface area contributed by atoms with Gasteiger partial charge in [0, 0.05) is 0 Å². The Morgan fingerprint density at radius 1 is 1.07 bits per heavy atom. The average molecular weight is 383 g/mol. The molecule has 28 heavy (non-hydrogen) atoms. The number of primary amides is 1. The smallest absolute Gasteiger partial charge is 0.329 e. The van der Waals surface area contributed by atoms with E-state index in [0.717, 1.165) is 0 Å². The molecule has 2 aromatic rings. The Balaban J connectivity index is 1.74. The maximum atomic E-state index is 12.3. The SMILES string of the molecule is NC(=O)NC(CC(=O)NC1(C(=O)O)CC1)c1cccc(Oc2ccccc2)c1. The summed E-state index contributed by atoms with van der Waals surface area (Å²) in [6, 6.07) is 14.6. The van der Waals surface area contributed by atoms with Gasteiger partial charge in [0.25, 0.3) is 0 Å². The molecule has 0 aromatic heterocycles. The Morgan fingerprint density at radius 2 is 1.75 bits per heavy atom. The van der Waals surface area contributed by atoms with Gasteiger partial charge in [-0.15, -0.1) is 0 Å². The van der Waals surface area contributed by atoms with Crippen LogP contribution >= 0.6 is 0 Å². The fourth-order valence-corrected chi connectivity index (χ4v) is 2.86. The second-order valence-electron chi connectivity index (χ2n) is 6.69. The number of nitrogens with two attached hydrogens (primary N) is 1. The predicted octanol–water partition coefficient (Wildman–Crippen LogP) is 2.31. The normalized spacial score (nSPS) is 15.1. The molecule has 0 aliphatic heterocycles. The number of carboxylic acids is 1. The lowest BCUT2D eigenvalue weighted by Crippen LogP contribution is -2.45. The zero-order valence-corrected chi connectivity index (χ0v) is 15.1. The number of hydrogen-bond donors (Lipinski definition) is 4. The summed E-state index contributed by atoms with van der Waals surface area (Å²) in [7, 11) is 0. The van der Waals surface area contributed by atoms with Crippen LogP contribution in [0.4, 0.5) is 4.79 Å². The number of benzene rings is 2. The third-order valence-electron chi connectivity index (χ3n) is 4.48. The lowest BCUT2D eigenvalue weighted by atomic mass is 10.0. The molecule has 1 aliphatic rings. The molecule has 5 N–H and O–H groups in total. The predicted molar refractivity (Wildman–Crippen MR) is 101 cm³/mol. The first-order valence-electron chi connectivity index (χ1n) is 8.81. The highest BCUT2D eigenvalue weighted by molar-refractivity contribution is 5.90. The van der Waals surface area contributed by atoms with E-state index >= 15 is 0 Å². The van der Waals surface area contributed by atoms with Crippen molar-refractivity contribution in [2.75, 3.05) is 0 Å². The van der Waals surface area contributed by atoms with Crippen LogP contribution in [-0.4, -0.2) is 28.6 Å². The summed E-state index contributed by atoms with van der Waals surface area (Å²) >= 11 is 0. The summed E-state index contributed by atoms with van der Waals surface area (Å²) in [6.45, 7) is 0. The molecule has 2 aromatic carbocycles. The number of amides is 3. The molecule has 146 valence electrons. The first-order chi connectivity index (χ1) is 13.4. The van der Waals surface area contributed by atoms with E-state index < -0.39 is 29.5 Å². The van der Waals surface area contributed by atoms with Crippen LogP contribution in [0.2, 0.25) is 0 Å². The third-order valence-corrected chi connectivity index (χ3v) is 4.48. The van der Waals surface area contributed by atoms with Crippen LogP contribution in [-0.2, 0) is 9.59 Å². The molecule has 1 atom stereocenters. The van der Waals surface area contributed by atoms with Crippen LogP contribution in [0.5, 0.6) is 11.5 Å². The monoisotopic (exact) mass is 383 g/mol. The van der Waals surface area contributed by atoms with Crippen molar-refractivity contribution in [3.05, 3.63) is 60.2 Å². The van der Waals surface area contributed by atoms with Gasteiger partial charge in [-0.3, -0.25) is 4.79 Å². The number of rotatable bonds is 8. The van der Waals surface area contributed by atoms with Crippen LogP contribution in [0.1, 0.15) is 30.9 Å². The Kier molecular flexibility index (Phi) is 5.49. The van der Waals surface area contributed by atoms with Crippen LogP contribution in [0.3, 0.4) is 0 Å². The van der Waals surface area contributed by atoms with E-state index in [1.54, 1.807) is 36.4 Å². The van der Waals surface area contributed by atoms with Crippen molar-refractivity contribution in [1.29, 1.82) is 0 Å². The summed E-state index contributed by atoms with van der Waals surface area (Å²) in [5, 5.41) is 14.3. The minimum Gasteiger partial charge on any atom is -0.480 e. The number of ether oxygens (including phenoxy) is 1. The topological polar surface area (TPSA) is 131 Å². The van der Waals surface area contributed by atoms with Crippen molar-refractivity contribution in [2.45, 2.75) is 30.8 Å².